The predicted octanol–water partition coefficient (Wildman–Crippen LogP) is 2.29. The first-order valence-electron chi connectivity index (χ1n) is 5.50. The van der Waals surface area contributed by atoms with E-state index in [1.54, 1.807) is 0 Å². The molecule has 1 saturated carbocycles. The fourth-order valence-electron chi connectivity index (χ4n) is 2.07. The highest BCUT2D eigenvalue weighted by atomic mass is 35.5. The second-order valence-corrected chi connectivity index (χ2v) is 4.23. The number of hydrogen-bond acceptors (Lipinski definition) is 3. The van der Waals surface area contributed by atoms with Crippen molar-refractivity contribution in [1.29, 1.82) is 0 Å². The molecule has 0 spiro atoms. The minimum Gasteiger partial charge on any atom is -0.486 e. The van der Waals surface area contributed by atoms with E-state index in [1.807, 2.05) is 12.1 Å². The Bertz CT molecular complexity index is 379. The highest BCUT2D eigenvalue weighted by Gasteiger charge is 2.32. The molecular weight excluding hydrogens is 226 g/mol. The molecule has 0 radical (unpaired) electrons. The van der Waals surface area contributed by atoms with E-state index in [0.717, 1.165) is 17.1 Å². The first-order chi connectivity index (χ1) is 7.36. The largest absolute Gasteiger partial charge is 0.486 e. The van der Waals surface area contributed by atoms with Gasteiger partial charge in [0.15, 0.2) is 11.5 Å². The molecular formula is C12H16ClNO2. The van der Waals surface area contributed by atoms with Gasteiger partial charge in [-0.15, -0.1) is 12.4 Å². The van der Waals surface area contributed by atoms with Crippen LogP contribution in [0, 0.1) is 5.92 Å². The predicted molar refractivity (Wildman–Crippen MR) is 64.3 cm³/mol. The maximum absolute atomic E-state index is 6.19. The zero-order valence-corrected chi connectivity index (χ0v) is 9.83. The molecule has 1 heterocycles. The Hall–Kier alpha value is -0.930. The van der Waals surface area contributed by atoms with Crippen LogP contribution in [0.1, 0.15) is 24.4 Å². The van der Waals surface area contributed by atoms with Crippen LogP contribution in [0.4, 0.5) is 0 Å². The monoisotopic (exact) mass is 241 g/mol. The molecule has 1 aromatic carbocycles. The lowest BCUT2D eigenvalue weighted by molar-refractivity contribution is 0.169. The van der Waals surface area contributed by atoms with Gasteiger partial charge in [-0.25, -0.2) is 0 Å². The number of nitrogens with two attached hydrogens (primary N) is 1. The summed E-state index contributed by atoms with van der Waals surface area (Å²) in [4.78, 5) is 0. The highest BCUT2D eigenvalue weighted by molar-refractivity contribution is 5.85. The molecule has 4 heteroatoms. The number of halogens is 1. The topological polar surface area (TPSA) is 44.5 Å². The van der Waals surface area contributed by atoms with Crippen LogP contribution >= 0.6 is 12.4 Å². The molecule has 16 heavy (non-hydrogen) atoms. The Morgan fingerprint density at radius 1 is 1.19 bits per heavy atom. The van der Waals surface area contributed by atoms with Crippen LogP contribution in [0.15, 0.2) is 18.2 Å². The van der Waals surface area contributed by atoms with Crippen LogP contribution in [0.3, 0.4) is 0 Å². The molecule has 0 bridgehead atoms. The summed E-state index contributed by atoms with van der Waals surface area (Å²) in [6.45, 7) is 1.26. The first-order valence-corrected chi connectivity index (χ1v) is 5.50. The van der Waals surface area contributed by atoms with Gasteiger partial charge >= 0.3 is 0 Å². The Morgan fingerprint density at radius 2 is 1.94 bits per heavy atom. The molecule has 0 saturated heterocycles. The number of fused-ring (bicyclic) bond motifs is 1. The Labute approximate surface area is 101 Å². The van der Waals surface area contributed by atoms with Gasteiger partial charge in [0.1, 0.15) is 13.2 Å². The van der Waals surface area contributed by atoms with Gasteiger partial charge in [0.05, 0.1) is 0 Å². The minimum absolute atomic E-state index is 0. The maximum atomic E-state index is 6.19. The third-order valence-electron chi connectivity index (χ3n) is 3.09. The lowest BCUT2D eigenvalue weighted by Crippen LogP contribution is -2.20. The summed E-state index contributed by atoms with van der Waals surface area (Å²) in [6.07, 6.45) is 2.48. The average molecular weight is 242 g/mol. The number of benzene rings is 1. The summed E-state index contributed by atoms with van der Waals surface area (Å²) in [5.41, 5.74) is 7.30. The van der Waals surface area contributed by atoms with E-state index >= 15 is 0 Å². The van der Waals surface area contributed by atoms with Gasteiger partial charge in [0, 0.05) is 11.6 Å². The quantitative estimate of drug-likeness (QED) is 0.864. The van der Waals surface area contributed by atoms with Crippen molar-refractivity contribution in [1.82, 2.24) is 0 Å². The third kappa shape index (κ3) is 1.97. The molecule has 0 aromatic heterocycles. The molecule has 88 valence electrons. The summed E-state index contributed by atoms with van der Waals surface area (Å²) in [5, 5.41) is 0. The summed E-state index contributed by atoms with van der Waals surface area (Å²) in [5.74, 6) is 2.35. The molecule has 2 aliphatic rings. The average Bonchev–Trinajstić information content (AvgIpc) is 3.11. The summed E-state index contributed by atoms with van der Waals surface area (Å²) < 4.78 is 11.2. The Balaban J connectivity index is 0.000000963. The van der Waals surface area contributed by atoms with Crippen molar-refractivity contribution in [2.75, 3.05) is 13.2 Å². The van der Waals surface area contributed by atoms with Gasteiger partial charge in [0.2, 0.25) is 0 Å². The number of rotatable bonds is 2. The molecule has 1 atom stereocenters. The van der Waals surface area contributed by atoms with Crippen molar-refractivity contribution >= 4 is 12.4 Å². The van der Waals surface area contributed by atoms with Gasteiger partial charge in [-0.1, -0.05) is 12.1 Å². The fraction of sp³-hybridized carbons (Fsp3) is 0.500. The molecule has 3 rings (SSSR count). The summed E-state index contributed by atoms with van der Waals surface area (Å²) >= 11 is 0. The van der Waals surface area contributed by atoms with E-state index in [9.17, 15) is 0 Å². The van der Waals surface area contributed by atoms with E-state index in [0.29, 0.717) is 19.1 Å². The third-order valence-corrected chi connectivity index (χ3v) is 3.09. The Kier molecular flexibility index (Phi) is 3.26. The summed E-state index contributed by atoms with van der Waals surface area (Å²) in [7, 11) is 0. The van der Waals surface area contributed by atoms with Gasteiger partial charge in [-0.3, -0.25) is 0 Å². The molecule has 0 amide bonds. The van der Waals surface area contributed by atoms with Crippen LogP contribution in [0.25, 0.3) is 0 Å². The molecule has 0 unspecified atom stereocenters. The number of ether oxygens (including phenoxy) is 2. The molecule has 1 fully saturated rings. The molecule has 1 aliphatic carbocycles. The van der Waals surface area contributed by atoms with Crippen molar-refractivity contribution in [3.63, 3.8) is 0 Å². The van der Waals surface area contributed by atoms with E-state index in [1.165, 1.54) is 12.8 Å². The van der Waals surface area contributed by atoms with Crippen molar-refractivity contribution in [3.05, 3.63) is 23.8 Å². The number of hydrogen-bond donors (Lipinski definition) is 1. The standard InChI is InChI=1S/C12H15NO2.ClH/c13-11(8-4-5-8)9-2-1-3-10-12(9)15-7-6-14-10;/h1-3,8,11H,4-7,13H2;1H/t11-;/m0./s1. The van der Waals surface area contributed by atoms with E-state index in [2.05, 4.69) is 6.07 Å². The molecule has 3 nitrogen and oxygen atoms in total. The van der Waals surface area contributed by atoms with Gasteiger partial charge in [-0.05, 0) is 24.8 Å². The molecule has 2 N–H and O–H groups in total. The van der Waals surface area contributed by atoms with E-state index < -0.39 is 0 Å². The van der Waals surface area contributed by atoms with Crippen LogP contribution in [-0.4, -0.2) is 13.2 Å². The zero-order valence-electron chi connectivity index (χ0n) is 9.02. The lowest BCUT2D eigenvalue weighted by Gasteiger charge is -2.23. The van der Waals surface area contributed by atoms with Crippen molar-refractivity contribution < 1.29 is 9.47 Å². The zero-order chi connectivity index (χ0) is 10.3. The second kappa shape index (κ2) is 4.52. The Morgan fingerprint density at radius 3 is 2.69 bits per heavy atom. The van der Waals surface area contributed by atoms with Gasteiger partial charge in [0.25, 0.3) is 0 Å². The van der Waals surface area contributed by atoms with Gasteiger partial charge < -0.3 is 15.2 Å². The highest BCUT2D eigenvalue weighted by Crippen LogP contribution is 2.45. The molecule has 1 aliphatic heterocycles. The lowest BCUT2D eigenvalue weighted by atomic mass is 10.0. The van der Waals surface area contributed by atoms with Crippen LogP contribution in [-0.2, 0) is 0 Å². The SMILES string of the molecule is Cl.N[C@H](c1cccc2c1OCCO2)C1CC1. The molecule has 1 aromatic rings. The van der Waals surface area contributed by atoms with Crippen molar-refractivity contribution in [2.45, 2.75) is 18.9 Å². The van der Waals surface area contributed by atoms with Crippen LogP contribution in [0.2, 0.25) is 0 Å². The normalized spacial score (nSPS) is 19.8. The first kappa shape index (κ1) is 11.6. The maximum Gasteiger partial charge on any atom is 0.166 e. The van der Waals surface area contributed by atoms with Gasteiger partial charge in [-0.2, -0.15) is 0 Å². The van der Waals surface area contributed by atoms with Crippen molar-refractivity contribution in [3.8, 4) is 11.5 Å². The summed E-state index contributed by atoms with van der Waals surface area (Å²) in [6, 6.07) is 6.10. The second-order valence-electron chi connectivity index (χ2n) is 4.23. The van der Waals surface area contributed by atoms with E-state index in [4.69, 9.17) is 15.2 Å². The fourth-order valence-corrected chi connectivity index (χ4v) is 2.07. The van der Waals surface area contributed by atoms with Crippen molar-refractivity contribution in [2.24, 2.45) is 11.7 Å². The smallest absolute Gasteiger partial charge is 0.166 e. The minimum atomic E-state index is 0. The van der Waals surface area contributed by atoms with Crippen LogP contribution in [0.5, 0.6) is 11.5 Å². The van der Waals surface area contributed by atoms with E-state index in [-0.39, 0.29) is 18.4 Å². The van der Waals surface area contributed by atoms with Crippen LogP contribution < -0.4 is 15.2 Å². The number of para-hydroxylation sites is 1.